The molecular weight excluding hydrogens is 793 g/mol. The summed E-state index contributed by atoms with van der Waals surface area (Å²) in [6.45, 7) is 0. The fourth-order valence-electron chi connectivity index (χ4n) is 5.63. The second-order valence-corrected chi connectivity index (χ2v) is 11.1. The SMILES string of the molecule is Fc1c(F)c([B-](c2c(F)c(F)c(CCl)c(F)c2F)(c2c(F)c(F)c(CCl)c(F)c2F)c2c(F)c(F)c(CCl)c(F)c2F)c(F)c(F)c1CCl. The summed E-state index contributed by atoms with van der Waals surface area (Å²) in [6, 6.07) is 0. The zero-order chi connectivity index (χ0) is 37.2. The molecule has 0 aliphatic heterocycles. The molecule has 0 amide bonds. The Morgan fingerprint density at radius 2 is 0.367 bits per heavy atom. The molecule has 0 unspecified atom stereocenters. The van der Waals surface area contributed by atoms with Crippen molar-refractivity contribution in [3.63, 3.8) is 0 Å². The first-order chi connectivity index (χ1) is 22.9. The van der Waals surface area contributed by atoms with Gasteiger partial charge in [0, 0.05) is 22.3 Å². The minimum absolute atomic E-state index is 1.55. The standard InChI is InChI=1S/C28H8BCl4F16/c30-1-5-13(34)21(42)9(22(43)14(5)35)29(10-23(44)15(36)6(2-31)16(37)24(10)45,11-25(46)17(38)7(3-32)18(39)26(11)47)12-27(48)19(40)8(4-33)20(41)28(12)49/h1-4H2/q-1. The van der Waals surface area contributed by atoms with E-state index in [0.717, 1.165) is 0 Å². The first-order valence-electron chi connectivity index (χ1n) is 12.7. The normalized spacial score (nSPS) is 12.0. The smallest absolute Gasteiger partial charge is 0.163 e. The van der Waals surface area contributed by atoms with Crippen molar-refractivity contribution in [3.8, 4) is 0 Å². The van der Waals surface area contributed by atoms with Crippen LogP contribution in [0.15, 0.2) is 0 Å². The summed E-state index contributed by atoms with van der Waals surface area (Å²) in [6.07, 6.45) is -6.75. The molecule has 4 aromatic rings. The van der Waals surface area contributed by atoms with Crippen molar-refractivity contribution in [2.24, 2.45) is 0 Å². The van der Waals surface area contributed by atoms with E-state index in [1.807, 2.05) is 0 Å². The Labute approximate surface area is 283 Å². The Balaban J connectivity index is 2.69. The van der Waals surface area contributed by atoms with Crippen LogP contribution in [0.4, 0.5) is 70.2 Å². The molecule has 0 heterocycles. The molecule has 0 spiro atoms. The van der Waals surface area contributed by atoms with Crippen LogP contribution in [0.25, 0.3) is 0 Å². The molecule has 0 saturated heterocycles. The predicted molar refractivity (Wildman–Crippen MR) is 148 cm³/mol. The van der Waals surface area contributed by atoms with E-state index in [2.05, 4.69) is 0 Å². The molecule has 0 N–H and O–H groups in total. The van der Waals surface area contributed by atoms with Crippen LogP contribution in [0.2, 0.25) is 0 Å². The second-order valence-electron chi connectivity index (χ2n) is 9.99. The van der Waals surface area contributed by atoms with Gasteiger partial charge in [0.1, 0.15) is 52.7 Å². The van der Waals surface area contributed by atoms with E-state index in [1.54, 1.807) is 0 Å². The van der Waals surface area contributed by atoms with Gasteiger partial charge in [0.2, 0.25) is 0 Å². The van der Waals surface area contributed by atoms with E-state index in [1.165, 1.54) is 0 Å². The van der Waals surface area contributed by atoms with Gasteiger partial charge in [-0.25, -0.2) is 70.2 Å². The second kappa shape index (κ2) is 14.0. The van der Waals surface area contributed by atoms with Crippen LogP contribution in [0.3, 0.4) is 0 Å². The molecule has 0 nitrogen and oxygen atoms in total. The zero-order valence-corrected chi connectivity index (χ0v) is 26.0. The topological polar surface area (TPSA) is 0 Å². The molecule has 264 valence electrons. The van der Waals surface area contributed by atoms with E-state index in [0.29, 0.717) is 0 Å². The van der Waals surface area contributed by atoms with Gasteiger partial charge in [-0.2, -0.15) is 0 Å². The first-order valence-corrected chi connectivity index (χ1v) is 14.8. The molecule has 49 heavy (non-hydrogen) atoms. The van der Waals surface area contributed by atoms with Crippen molar-refractivity contribution in [1.29, 1.82) is 0 Å². The lowest BCUT2D eigenvalue weighted by molar-refractivity contribution is 0.442. The van der Waals surface area contributed by atoms with Crippen LogP contribution < -0.4 is 21.9 Å². The quantitative estimate of drug-likeness (QED) is 0.0730. The molecule has 0 aromatic heterocycles. The van der Waals surface area contributed by atoms with Gasteiger partial charge < -0.3 is 0 Å². The third-order valence-corrected chi connectivity index (χ3v) is 8.89. The molecule has 0 saturated carbocycles. The van der Waals surface area contributed by atoms with E-state index in [4.69, 9.17) is 46.4 Å². The fraction of sp³-hybridized carbons (Fsp3) is 0.143. The minimum atomic E-state index is -6.75. The zero-order valence-electron chi connectivity index (χ0n) is 23.0. The Bertz CT molecular complexity index is 1650. The summed E-state index contributed by atoms with van der Waals surface area (Å²) in [4.78, 5) is 0. The molecule has 0 radical (unpaired) electrons. The highest BCUT2D eigenvalue weighted by molar-refractivity contribution is 7.20. The predicted octanol–water partition coefficient (Wildman–Crippen LogP) is 8.24. The summed E-state index contributed by atoms with van der Waals surface area (Å²) >= 11 is 21.1. The molecule has 21 heteroatoms. The van der Waals surface area contributed by atoms with Gasteiger partial charge in [-0.05, 0) is 0 Å². The third-order valence-electron chi connectivity index (χ3n) is 7.82. The molecule has 0 aliphatic rings. The summed E-state index contributed by atoms with van der Waals surface area (Å²) in [5.41, 5.74) is -19.8. The van der Waals surface area contributed by atoms with E-state index in [9.17, 15) is 0 Å². The molecule has 0 atom stereocenters. The lowest BCUT2D eigenvalue weighted by Gasteiger charge is -2.45. The van der Waals surface area contributed by atoms with Crippen LogP contribution in [-0.2, 0) is 23.5 Å². The average Bonchev–Trinajstić information content (AvgIpc) is 3.06. The van der Waals surface area contributed by atoms with E-state index < -0.39 is 167 Å². The highest BCUT2D eigenvalue weighted by Gasteiger charge is 2.51. The van der Waals surface area contributed by atoms with Crippen molar-refractivity contribution < 1.29 is 70.2 Å². The first kappa shape index (κ1) is 38.8. The van der Waals surface area contributed by atoms with Gasteiger partial charge in [-0.1, -0.05) is 0 Å². The van der Waals surface area contributed by atoms with Gasteiger partial charge in [0.15, 0.2) is 46.5 Å². The summed E-state index contributed by atoms with van der Waals surface area (Å²) in [5, 5.41) is 0. The van der Waals surface area contributed by atoms with Gasteiger partial charge in [0.25, 0.3) is 0 Å². The van der Waals surface area contributed by atoms with Crippen molar-refractivity contribution in [2.45, 2.75) is 23.5 Å². The number of hydrogen-bond acceptors (Lipinski definition) is 0. The van der Waals surface area contributed by atoms with Crippen LogP contribution in [0.5, 0.6) is 0 Å². The van der Waals surface area contributed by atoms with E-state index >= 15 is 70.2 Å². The molecular formula is C28H8BCl4F16-. The van der Waals surface area contributed by atoms with Crippen LogP contribution in [-0.4, -0.2) is 6.15 Å². The third kappa shape index (κ3) is 5.32. The number of alkyl halides is 4. The Kier molecular flexibility index (Phi) is 11.0. The molecule has 0 bridgehead atoms. The Morgan fingerprint density at radius 1 is 0.245 bits per heavy atom. The van der Waals surface area contributed by atoms with Crippen molar-refractivity contribution in [2.75, 3.05) is 0 Å². The lowest BCUT2D eigenvalue weighted by atomic mass is 9.12. The lowest BCUT2D eigenvalue weighted by Crippen LogP contribution is -2.81. The van der Waals surface area contributed by atoms with Crippen LogP contribution >= 0.6 is 46.4 Å². The monoisotopic (exact) mass is 799 g/mol. The number of benzene rings is 4. The highest BCUT2D eigenvalue weighted by Crippen LogP contribution is 2.32. The Hall–Kier alpha value is -3.02. The fourth-order valence-corrected chi connectivity index (χ4v) is 6.57. The number of halogens is 20. The summed E-state index contributed by atoms with van der Waals surface area (Å²) in [7, 11) is 0. The molecule has 0 fully saturated rings. The molecule has 4 rings (SSSR count). The van der Waals surface area contributed by atoms with Crippen molar-refractivity contribution in [1.82, 2.24) is 0 Å². The maximum atomic E-state index is 16.1. The summed E-state index contributed by atoms with van der Waals surface area (Å²) in [5.74, 6) is -54.1. The van der Waals surface area contributed by atoms with Gasteiger partial charge in [-0.3, -0.25) is 0 Å². The largest absolute Gasteiger partial charge is 0.207 e. The Morgan fingerprint density at radius 3 is 0.469 bits per heavy atom. The van der Waals surface area contributed by atoms with Crippen molar-refractivity contribution >= 4 is 74.4 Å². The number of rotatable bonds is 8. The van der Waals surface area contributed by atoms with Gasteiger partial charge in [-0.15, -0.1) is 68.3 Å². The maximum absolute atomic E-state index is 16.1. The molecule has 4 aromatic carbocycles. The number of hydrogen-bond donors (Lipinski definition) is 0. The van der Waals surface area contributed by atoms with Crippen LogP contribution in [0, 0.1) is 93.1 Å². The molecule has 0 aliphatic carbocycles. The maximum Gasteiger partial charge on any atom is 0.163 e. The van der Waals surface area contributed by atoms with Crippen molar-refractivity contribution in [3.05, 3.63) is 115 Å². The minimum Gasteiger partial charge on any atom is -0.207 e. The van der Waals surface area contributed by atoms with Gasteiger partial charge >= 0.3 is 0 Å². The van der Waals surface area contributed by atoms with Crippen LogP contribution in [0.1, 0.15) is 22.3 Å². The van der Waals surface area contributed by atoms with Gasteiger partial charge in [0.05, 0.1) is 23.5 Å². The van der Waals surface area contributed by atoms with E-state index in [-0.39, 0.29) is 0 Å². The summed E-state index contributed by atoms with van der Waals surface area (Å²) < 4.78 is 251. The average molecular weight is 801 g/mol. The highest BCUT2D eigenvalue weighted by atomic mass is 35.5.